The molecule has 3 spiro atoms. The van der Waals surface area contributed by atoms with Gasteiger partial charge in [-0.15, -0.1) is 26.3 Å². The molecule has 15 aliphatic rings. The Kier molecular flexibility index (Phi) is 19.9. The maximum absolute atomic E-state index is 13.2. The molecule has 24 nitrogen and oxygen atoms in total. The molecule has 616 valence electrons. The Hall–Kier alpha value is -6.40. The van der Waals surface area contributed by atoms with Gasteiger partial charge >= 0.3 is 0 Å². The summed E-state index contributed by atoms with van der Waals surface area (Å²) >= 11 is 0. The molecule has 24 heteroatoms. The van der Waals surface area contributed by atoms with Crippen LogP contribution in [0.2, 0.25) is 0 Å². The van der Waals surface area contributed by atoms with Crippen molar-refractivity contribution in [3.63, 3.8) is 0 Å². The second-order valence-corrected chi connectivity index (χ2v) is 36.0. The minimum absolute atomic E-state index is 0.0421. The highest BCUT2D eigenvalue weighted by Gasteiger charge is 2.77. The quantitative estimate of drug-likeness (QED) is 0.0162. The number of hydrogen-bond acceptors (Lipinski definition) is 24. The third-order valence-corrected chi connectivity index (χ3v) is 31.0. The molecule has 9 N–H and O–H groups in total. The third-order valence-electron chi connectivity index (χ3n) is 31.0. The van der Waals surface area contributed by atoms with E-state index in [0.717, 1.165) is 70.6 Å². The van der Waals surface area contributed by atoms with Crippen LogP contribution in [0.4, 0.5) is 0 Å². The Bertz CT molecular complexity index is 4070. The summed E-state index contributed by atoms with van der Waals surface area (Å²) in [5, 5.41) is 102. The number of nitrogens with zero attached hydrogens (tertiary/aromatic N) is 3. The van der Waals surface area contributed by atoms with Crippen LogP contribution in [0.3, 0.4) is 0 Å². The van der Waals surface area contributed by atoms with Crippen LogP contribution in [-0.4, -0.2) is 276 Å². The zero-order valence-corrected chi connectivity index (χ0v) is 66.0. The highest BCUT2D eigenvalue weighted by atomic mass is 16.6. The molecule has 0 aromatic heterocycles. The van der Waals surface area contributed by atoms with Gasteiger partial charge < -0.3 is 103 Å². The molecular formula is C90H116N4O20. The molecule has 7 fully saturated rings. The van der Waals surface area contributed by atoms with Crippen LogP contribution in [0.5, 0.6) is 46.0 Å². The van der Waals surface area contributed by atoms with Crippen molar-refractivity contribution in [1.82, 2.24) is 20.0 Å². The molecule has 8 aliphatic carbocycles. The number of aliphatic hydroxyl groups is 4. The van der Waals surface area contributed by atoms with E-state index in [4.69, 9.17) is 56.8 Å². The summed E-state index contributed by atoms with van der Waals surface area (Å²) in [4.78, 5) is 7.02. The van der Waals surface area contributed by atoms with Crippen molar-refractivity contribution in [2.75, 3.05) is 125 Å². The van der Waals surface area contributed by atoms with Crippen molar-refractivity contribution in [3.8, 4) is 46.0 Å². The first-order valence-corrected chi connectivity index (χ1v) is 42.5. The average Bonchev–Trinajstić information content (AvgIpc) is 1.50. The van der Waals surface area contributed by atoms with E-state index in [1.54, 1.807) is 24.3 Å². The molecule has 12 unspecified atom stereocenters. The molecule has 114 heavy (non-hydrogen) atoms. The molecule has 7 aliphatic heterocycles. The topological polar surface area (TPSA) is 294 Å². The second-order valence-electron chi connectivity index (χ2n) is 36.0. The lowest BCUT2D eigenvalue weighted by Gasteiger charge is -2.64. The van der Waals surface area contributed by atoms with Crippen LogP contribution in [0.15, 0.2) is 99.2 Å². The molecule has 19 rings (SSSR count). The largest absolute Gasteiger partial charge is 0.504 e. The van der Waals surface area contributed by atoms with Gasteiger partial charge in [-0.3, -0.25) is 14.7 Å². The number of benzene rings is 4. The van der Waals surface area contributed by atoms with Gasteiger partial charge in [-0.05, 0) is 169 Å². The smallest absolute Gasteiger partial charge is 0.165 e. The van der Waals surface area contributed by atoms with Crippen LogP contribution < -0.4 is 24.3 Å². The standard InChI is InChI=1S/C90H116N4O20/c1-6-23-83-70-54-11-15-58(95)74(70)111-78(83)62(19-24-87(83,99)66(46-54)91-31-7-2)107-42-38-103-50-82(51-104-39-43-108-63-20-25-88(100)67-47-55-12-16-59(96)75-71(55)84(88,79(63)112-75)28-35-92(67)32-8-3,52-105-40-44-109-64-21-26-89(101)68-48-56-13-17-60(97)76-72(56)85(89,80(64)113-76)29-36-93(68)33-9-4)53-106-41-45-110-65-22-27-90(102)69-49-57-14-18-61(98)77-73(57)86(90,81(65)114-77)30-37-94(69)34-10-5/h7-18,62-69,78-81,91,95-102H,2-6,19-53H2,1H3/t62?,63?,64?,65?,66?,67?,68?,69?,78-,79-,80-,81-,82?,83?,84?,85?,86?,87+,88+,89+,90+/m0/s1. The summed E-state index contributed by atoms with van der Waals surface area (Å²) in [6.07, 6.45) is 13.1. The highest BCUT2D eigenvalue weighted by molar-refractivity contribution is 5.67. The second kappa shape index (κ2) is 29.2. The Morgan fingerprint density at radius 2 is 0.746 bits per heavy atom. The highest BCUT2D eigenvalue weighted by Crippen LogP contribution is 2.71. The average molecular weight is 1570 g/mol. The molecule has 0 amide bonds. The summed E-state index contributed by atoms with van der Waals surface area (Å²) in [7, 11) is 0. The molecule has 4 aromatic carbocycles. The minimum atomic E-state index is -1.21. The van der Waals surface area contributed by atoms with E-state index in [0.29, 0.717) is 152 Å². The third kappa shape index (κ3) is 11.0. The number of hydrogen-bond donors (Lipinski definition) is 9. The molecular weight excluding hydrogens is 1460 g/mol. The molecule has 4 saturated carbocycles. The number of aromatic hydroxyl groups is 4. The molecule has 20 atom stereocenters. The van der Waals surface area contributed by atoms with Gasteiger partial charge in [0.2, 0.25) is 0 Å². The fourth-order valence-corrected chi connectivity index (χ4v) is 26.6. The van der Waals surface area contributed by atoms with Crippen molar-refractivity contribution >= 4 is 0 Å². The lowest BCUT2D eigenvalue weighted by molar-refractivity contribution is -0.217. The van der Waals surface area contributed by atoms with Gasteiger partial charge in [-0.25, -0.2) is 0 Å². The van der Waals surface area contributed by atoms with E-state index in [-0.39, 0.29) is 126 Å². The molecule has 0 radical (unpaired) electrons. The van der Waals surface area contributed by atoms with Crippen LogP contribution >= 0.6 is 0 Å². The Morgan fingerprint density at radius 1 is 0.421 bits per heavy atom. The molecule has 4 aromatic rings. The van der Waals surface area contributed by atoms with E-state index in [2.05, 4.69) is 53.3 Å². The number of nitrogens with one attached hydrogen (secondary N) is 1. The van der Waals surface area contributed by atoms with Crippen molar-refractivity contribution in [2.45, 2.75) is 233 Å². The lowest BCUT2D eigenvalue weighted by atomic mass is 9.48. The van der Waals surface area contributed by atoms with E-state index in [9.17, 15) is 40.9 Å². The number of piperidine rings is 3. The van der Waals surface area contributed by atoms with Gasteiger partial charge in [-0.2, -0.15) is 0 Å². The summed E-state index contributed by atoms with van der Waals surface area (Å²) < 4.78 is 82.7. The van der Waals surface area contributed by atoms with Gasteiger partial charge in [0.15, 0.2) is 46.0 Å². The molecule has 7 heterocycles. The zero-order valence-electron chi connectivity index (χ0n) is 66.0. The first-order valence-electron chi connectivity index (χ1n) is 42.5. The SMILES string of the molecule is C=CCNC1Cc2ccc(O)c3c2C2(CCC)[C@@H](O3)C(OCCOCC(COCCOC3CC[C@@]4(O)C5Cc6ccc(O)c7c6C4(CCN5CC=C)[C@H]3O7)(COCCOC3CC[C@@]4(O)C5Cc6ccc(O)c7c6C4(CCN5CC=C)[C@H]3O7)COCCOC3CC[C@@]4(O)C5Cc6ccc(O)c7c6C4(CCN5CC=C)[C@H]3O7)CC[C@@]12O. The van der Waals surface area contributed by atoms with Crippen molar-refractivity contribution in [1.29, 1.82) is 0 Å². The maximum Gasteiger partial charge on any atom is 0.165 e. The normalized spacial score (nSPS) is 37.9. The van der Waals surface area contributed by atoms with Crippen LogP contribution in [0, 0.1) is 5.41 Å². The number of likely N-dealkylation sites (tertiary alicyclic amines) is 3. The molecule has 3 saturated heterocycles. The van der Waals surface area contributed by atoms with E-state index in [1.807, 2.05) is 48.6 Å². The van der Waals surface area contributed by atoms with E-state index >= 15 is 0 Å². The fraction of sp³-hybridized carbons (Fsp3) is 0.644. The summed E-state index contributed by atoms with van der Waals surface area (Å²) in [6, 6.07) is 13.9. The predicted octanol–water partition coefficient (Wildman–Crippen LogP) is 7.25. The molecule has 6 bridgehead atoms. The zero-order chi connectivity index (χ0) is 78.5. The Balaban J connectivity index is 0.583. The fourth-order valence-electron chi connectivity index (χ4n) is 26.6. The van der Waals surface area contributed by atoms with Crippen molar-refractivity contribution in [2.24, 2.45) is 5.41 Å². The summed E-state index contributed by atoms with van der Waals surface area (Å²) in [6.45, 7) is 24.6. The predicted molar refractivity (Wildman–Crippen MR) is 420 cm³/mol. The van der Waals surface area contributed by atoms with E-state index in [1.165, 1.54) is 0 Å². The van der Waals surface area contributed by atoms with Crippen LogP contribution in [0.1, 0.15) is 135 Å². The van der Waals surface area contributed by atoms with Gasteiger partial charge in [0.1, 0.15) is 24.4 Å². The van der Waals surface area contributed by atoms with Crippen molar-refractivity contribution < 1.29 is 97.7 Å². The van der Waals surface area contributed by atoms with E-state index < -0.39 is 98.3 Å². The lowest BCUT2D eigenvalue weighted by Crippen LogP contribution is -2.77. The minimum Gasteiger partial charge on any atom is -0.504 e. The maximum atomic E-state index is 13.2. The van der Waals surface area contributed by atoms with Gasteiger partial charge in [0.05, 0.1) is 153 Å². The first-order chi connectivity index (χ1) is 55.3. The first kappa shape index (κ1) is 77.5. The number of phenolic OH excluding ortho intramolecular Hbond substituents is 4. The van der Waals surface area contributed by atoms with Gasteiger partial charge in [0, 0.05) is 72.6 Å². The Labute approximate surface area is 667 Å². The monoisotopic (exact) mass is 1570 g/mol. The number of rotatable bonds is 35. The number of ether oxygens (including phenoxy) is 12. The van der Waals surface area contributed by atoms with Crippen LogP contribution in [-0.2, 0) is 85.2 Å². The van der Waals surface area contributed by atoms with Crippen molar-refractivity contribution in [3.05, 3.63) is 144 Å². The number of phenols is 4. The Morgan fingerprint density at radius 3 is 1.09 bits per heavy atom. The summed E-state index contributed by atoms with van der Waals surface area (Å²) in [5.41, 5.74) is -1.01. The summed E-state index contributed by atoms with van der Waals surface area (Å²) in [5.74, 6) is 1.96. The van der Waals surface area contributed by atoms with Gasteiger partial charge in [0.25, 0.3) is 0 Å². The van der Waals surface area contributed by atoms with Crippen LogP contribution in [0.25, 0.3) is 0 Å². The van der Waals surface area contributed by atoms with Gasteiger partial charge in [-0.1, -0.05) is 61.9 Å².